The van der Waals surface area contributed by atoms with Gasteiger partial charge in [0.15, 0.2) is 5.78 Å². The Bertz CT molecular complexity index is 336. The summed E-state index contributed by atoms with van der Waals surface area (Å²) in [6.07, 6.45) is 0. The summed E-state index contributed by atoms with van der Waals surface area (Å²) in [6, 6.07) is 5.09. The van der Waals surface area contributed by atoms with Crippen molar-refractivity contribution in [3.63, 3.8) is 0 Å². The van der Waals surface area contributed by atoms with Crippen molar-refractivity contribution >= 4 is 41.6 Å². The molecule has 1 atom stereocenters. The average Bonchev–Trinajstić information content (AvgIpc) is 2.08. The maximum atomic E-state index is 11.5. The number of carbonyl (C=O) groups is 1. The average molecular weight is 235 g/mol. The summed E-state index contributed by atoms with van der Waals surface area (Å²) in [5, 5.41) is -0.198. The quantitative estimate of drug-likeness (QED) is 0.472. The van der Waals surface area contributed by atoms with E-state index in [9.17, 15) is 4.79 Å². The zero-order valence-electron chi connectivity index (χ0n) is 6.92. The molecule has 1 unspecified atom stereocenters. The van der Waals surface area contributed by atoms with Crippen LogP contribution in [-0.2, 0) is 0 Å². The van der Waals surface area contributed by atoms with E-state index in [1.807, 2.05) is 0 Å². The minimum Gasteiger partial charge on any atom is -0.292 e. The Balaban J connectivity index is 3.15. The van der Waals surface area contributed by atoms with Crippen molar-refractivity contribution in [2.45, 2.75) is 17.2 Å². The molecule has 0 aliphatic heterocycles. The lowest BCUT2D eigenvalue weighted by atomic mass is 10.1. The van der Waals surface area contributed by atoms with Crippen molar-refractivity contribution < 1.29 is 4.79 Å². The van der Waals surface area contributed by atoms with Crippen LogP contribution < -0.4 is 0 Å². The lowest BCUT2D eigenvalue weighted by Gasteiger charge is -2.05. The van der Waals surface area contributed by atoms with E-state index in [4.69, 9.17) is 23.2 Å². The standard InChI is InChI=1S/C9H8Cl2OS/c1-5(10)9(12)6-3-2-4-7(13)8(6)11/h2-5,13H,1H3. The summed E-state index contributed by atoms with van der Waals surface area (Å²) in [5.74, 6) is -0.178. The molecule has 0 heterocycles. The first kappa shape index (κ1) is 10.9. The summed E-state index contributed by atoms with van der Waals surface area (Å²) in [4.78, 5) is 12.1. The van der Waals surface area contributed by atoms with Gasteiger partial charge >= 0.3 is 0 Å². The number of ketones is 1. The first-order valence-electron chi connectivity index (χ1n) is 3.69. The zero-order chi connectivity index (χ0) is 10.0. The number of halogens is 2. The number of hydrogen-bond acceptors (Lipinski definition) is 2. The highest BCUT2D eigenvalue weighted by Crippen LogP contribution is 2.25. The molecule has 0 spiro atoms. The van der Waals surface area contributed by atoms with Gasteiger partial charge in [0.25, 0.3) is 0 Å². The smallest absolute Gasteiger partial charge is 0.181 e. The minimum atomic E-state index is -0.562. The second kappa shape index (κ2) is 4.36. The van der Waals surface area contributed by atoms with Crippen molar-refractivity contribution in [2.24, 2.45) is 0 Å². The molecule has 0 amide bonds. The molecule has 0 bridgehead atoms. The molecule has 0 aliphatic carbocycles. The van der Waals surface area contributed by atoms with Gasteiger partial charge in [-0.15, -0.1) is 24.2 Å². The van der Waals surface area contributed by atoms with Gasteiger partial charge in [0.1, 0.15) is 0 Å². The maximum Gasteiger partial charge on any atom is 0.181 e. The number of alkyl halides is 1. The normalized spacial score (nSPS) is 12.6. The van der Waals surface area contributed by atoms with Crippen molar-refractivity contribution in [1.82, 2.24) is 0 Å². The van der Waals surface area contributed by atoms with Crippen LogP contribution in [0.4, 0.5) is 0 Å². The Morgan fingerprint density at radius 2 is 2.15 bits per heavy atom. The van der Waals surface area contributed by atoms with Gasteiger partial charge in [0.2, 0.25) is 0 Å². The second-order valence-corrected chi connectivity index (χ2v) is 4.13. The van der Waals surface area contributed by atoms with Crippen LogP contribution in [-0.4, -0.2) is 11.2 Å². The molecule has 0 saturated heterocycles. The number of rotatable bonds is 2. The van der Waals surface area contributed by atoms with Gasteiger partial charge in [-0.1, -0.05) is 17.7 Å². The van der Waals surface area contributed by atoms with Crippen LogP contribution >= 0.6 is 35.8 Å². The molecule has 1 aromatic carbocycles. The van der Waals surface area contributed by atoms with Gasteiger partial charge in [-0.2, -0.15) is 0 Å². The van der Waals surface area contributed by atoms with E-state index in [1.165, 1.54) is 0 Å². The van der Waals surface area contributed by atoms with Crippen LogP contribution in [0.3, 0.4) is 0 Å². The first-order valence-corrected chi connectivity index (χ1v) is 4.96. The number of carbonyl (C=O) groups excluding carboxylic acids is 1. The lowest BCUT2D eigenvalue weighted by molar-refractivity contribution is 0.0991. The third-order valence-electron chi connectivity index (χ3n) is 1.61. The summed E-state index contributed by atoms with van der Waals surface area (Å²) in [7, 11) is 0. The van der Waals surface area contributed by atoms with Crippen LogP contribution in [0.2, 0.25) is 5.02 Å². The Labute approximate surface area is 92.4 Å². The highest BCUT2D eigenvalue weighted by molar-refractivity contribution is 7.80. The van der Waals surface area contributed by atoms with E-state index in [-0.39, 0.29) is 5.78 Å². The van der Waals surface area contributed by atoms with E-state index in [0.717, 1.165) is 0 Å². The van der Waals surface area contributed by atoms with Crippen molar-refractivity contribution in [3.05, 3.63) is 28.8 Å². The lowest BCUT2D eigenvalue weighted by Crippen LogP contribution is -2.11. The third-order valence-corrected chi connectivity index (χ3v) is 2.71. The Hall–Kier alpha value is -0.180. The van der Waals surface area contributed by atoms with Crippen LogP contribution in [0.5, 0.6) is 0 Å². The van der Waals surface area contributed by atoms with E-state index in [2.05, 4.69) is 12.6 Å². The summed E-state index contributed by atoms with van der Waals surface area (Å²) in [6.45, 7) is 1.62. The first-order chi connectivity index (χ1) is 6.04. The summed E-state index contributed by atoms with van der Waals surface area (Å²) in [5.41, 5.74) is 0.427. The summed E-state index contributed by atoms with van der Waals surface area (Å²) < 4.78 is 0. The van der Waals surface area contributed by atoms with Gasteiger partial charge in [-0.25, -0.2) is 0 Å². The van der Waals surface area contributed by atoms with Crippen LogP contribution in [0, 0.1) is 0 Å². The zero-order valence-corrected chi connectivity index (χ0v) is 9.33. The van der Waals surface area contributed by atoms with Gasteiger partial charge in [-0.3, -0.25) is 4.79 Å². The fraction of sp³-hybridized carbons (Fsp3) is 0.222. The van der Waals surface area contributed by atoms with Crippen molar-refractivity contribution in [1.29, 1.82) is 0 Å². The van der Waals surface area contributed by atoms with Crippen LogP contribution in [0.1, 0.15) is 17.3 Å². The molecule has 1 nitrogen and oxygen atoms in total. The minimum absolute atomic E-state index is 0.178. The molecule has 1 rings (SSSR count). The largest absolute Gasteiger partial charge is 0.292 e. The highest BCUT2D eigenvalue weighted by atomic mass is 35.5. The number of benzene rings is 1. The van der Waals surface area contributed by atoms with Gasteiger partial charge < -0.3 is 0 Å². The van der Waals surface area contributed by atoms with Gasteiger partial charge in [0.05, 0.1) is 10.4 Å². The molecule has 0 aromatic heterocycles. The van der Waals surface area contributed by atoms with Gasteiger partial charge in [0, 0.05) is 10.5 Å². The second-order valence-electron chi connectivity index (χ2n) is 2.62. The van der Waals surface area contributed by atoms with Crippen LogP contribution in [0.25, 0.3) is 0 Å². The summed E-state index contributed by atoms with van der Waals surface area (Å²) >= 11 is 15.6. The van der Waals surface area contributed by atoms with Gasteiger partial charge in [-0.05, 0) is 19.1 Å². The molecular formula is C9H8Cl2OS. The predicted octanol–water partition coefficient (Wildman–Crippen LogP) is 3.44. The fourth-order valence-electron chi connectivity index (χ4n) is 0.924. The molecule has 0 fully saturated rings. The third kappa shape index (κ3) is 2.39. The Morgan fingerprint density at radius 3 is 2.69 bits per heavy atom. The Kier molecular flexibility index (Phi) is 3.65. The molecule has 1 aromatic rings. The van der Waals surface area contributed by atoms with Crippen LogP contribution in [0.15, 0.2) is 23.1 Å². The van der Waals surface area contributed by atoms with Crippen molar-refractivity contribution in [2.75, 3.05) is 0 Å². The fourth-order valence-corrected chi connectivity index (χ4v) is 1.47. The van der Waals surface area contributed by atoms with E-state index >= 15 is 0 Å². The SMILES string of the molecule is CC(Cl)C(=O)c1cccc(S)c1Cl. The molecule has 0 saturated carbocycles. The highest BCUT2D eigenvalue weighted by Gasteiger charge is 2.16. The monoisotopic (exact) mass is 234 g/mol. The van der Waals surface area contributed by atoms with E-state index in [1.54, 1.807) is 25.1 Å². The number of hydrogen-bond donors (Lipinski definition) is 1. The molecule has 0 radical (unpaired) electrons. The van der Waals surface area contributed by atoms with E-state index < -0.39 is 5.38 Å². The molecule has 4 heteroatoms. The molecular weight excluding hydrogens is 227 g/mol. The topological polar surface area (TPSA) is 17.1 Å². The maximum absolute atomic E-state index is 11.5. The molecule has 0 N–H and O–H groups in total. The molecule has 13 heavy (non-hydrogen) atoms. The number of thiol groups is 1. The molecule has 70 valence electrons. The predicted molar refractivity (Wildman–Crippen MR) is 58.3 cm³/mol. The van der Waals surface area contributed by atoms with E-state index in [0.29, 0.717) is 15.5 Å². The van der Waals surface area contributed by atoms with Crippen molar-refractivity contribution in [3.8, 4) is 0 Å². The number of Topliss-reactive ketones (excluding diaryl/α,β-unsaturated/α-hetero) is 1. The molecule has 0 aliphatic rings. The Morgan fingerprint density at radius 1 is 1.54 bits per heavy atom.